The minimum atomic E-state index is -0.981. The van der Waals surface area contributed by atoms with Crippen molar-refractivity contribution >= 4 is 35.6 Å². The van der Waals surface area contributed by atoms with Crippen LogP contribution in [0.3, 0.4) is 0 Å². The summed E-state index contributed by atoms with van der Waals surface area (Å²) < 4.78 is 18.7. The fourth-order valence-corrected chi connectivity index (χ4v) is 9.47. The first kappa shape index (κ1) is 38.9. The number of carboxylic acid groups (broad SMARTS) is 1. The third-order valence-electron chi connectivity index (χ3n) is 12.2. The number of piperidine rings is 2. The second-order valence-electron chi connectivity index (χ2n) is 15.4. The number of nitrogens with zero attached hydrogens (tertiary/aromatic N) is 3. The summed E-state index contributed by atoms with van der Waals surface area (Å²) in [5, 5.41) is 15.3. The number of benzene rings is 1. The quantitative estimate of drug-likeness (QED) is 0.103. The molecule has 3 aliphatic heterocycles. The van der Waals surface area contributed by atoms with Crippen molar-refractivity contribution in [1.29, 1.82) is 0 Å². The van der Waals surface area contributed by atoms with Crippen LogP contribution in [0.2, 0.25) is 0 Å². The van der Waals surface area contributed by atoms with Gasteiger partial charge in [0, 0.05) is 55.9 Å². The highest BCUT2D eigenvalue weighted by Gasteiger charge is 2.65. The number of rotatable bonds is 14. The van der Waals surface area contributed by atoms with Crippen LogP contribution in [0.1, 0.15) is 69.9 Å². The monoisotopic (exact) mass is 751 g/mol. The number of carboxylic acids is 1. The lowest BCUT2D eigenvalue weighted by molar-refractivity contribution is -0.144. The largest absolute Gasteiger partial charge is 0.493 e. The number of ether oxygens (including phenoxy) is 3. The van der Waals surface area contributed by atoms with Crippen molar-refractivity contribution in [3.63, 3.8) is 0 Å². The second kappa shape index (κ2) is 15.9. The second-order valence-corrected chi connectivity index (χ2v) is 15.4. The van der Waals surface area contributed by atoms with Crippen LogP contribution >= 0.6 is 0 Å². The molecule has 294 valence electrons. The molecule has 1 spiro atoms. The third kappa shape index (κ3) is 7.44. The first-order valence-corrected chi connectivity index (χ1v) is 18.9. The van der Waals surface area contributed by atoms with E-state index in [0.29, 0.717) is 36.1 Å². The normalized spacial score (nSPS) is 27.6. The van der Waals surface area contributed by atoms with Crippen molar-refractivity contribution < 1.29 is 43.3 Å². The van der Waals surface area contributed by atoms with E-state index in [2.05, 4.69) is 33.6 Å². The highest BCUT2D eigenvalue weighted by atomic mass is 16.6. The van der Waals surface area contributed by atoms with Gasteiger partial charge in [-0.15, -0.1) is 0 Å². The van der Waals surface area contributed by atoms with Gasteiger partial charge in [0.1, 0.15) is 5.76 Å². The Bertz CT molecular complexity index is 1730. The number of likely N-dealkylation sites (tertiary alicyclic amines) is 2. The molecule has 3 amide bonds. The predicted octanol–water partition coefficient (Wildman–Crippen LogP) is 1.43. The number of carbonyl (C=O) groups excluding carboxylic acids is 4. The molecule has 2 aliphatic carbocycles. The van der Waals surface area contributed by atoms with E-state index in [1.807, 2.05) is 12.1 Å². The molecule has 5 aliphatic rings. The summed E-state index contributed by atoms with van der Waals surface area (Å²) in [4.78, 5) is 72.3. The molecule has 2 fully saturated rings. The maximum Gasteiger partial charge on any atom is 0.415 e. The van der Waals surface area contributed by atoms with E-state index in [1.54, 1.807) is 14.0 Å². The Kier molecular flexibility index (Phi) is 11.4. The van der Waals surface area contributed by atoms with Crippen molar-refractivity contribution in [3.05, 3.63) is 35.1 Å². The minimum absolute atomic E-state index is 0.0530. The Labute approximate surface area is 315 Å². The lowest BCUT2D eigenvalue weighted by Gasteiger charge is -2.56. The van der Waals surface area contributed by atoms with Gasteiger partial charge in [-0.2, -0.15) is 0 Å². The number of amides is 3. The molecule has 16 heteroatoms. The van der Waals surface area contributed by atoms with Gasteiger partial charge in [0.15, 0.2) is 29.3 Å². The van der Waals surface area contributed by atoms with Gasteiger partial charge in [0.05, 0.1) is 25.1 Å². The van der Waals surface area contributed by atoms with Crippen LogP contribution in [0.5, 0.6) is 11.5 Å². The molecule has 1 aromatic rings. The third-order valence-corrected chi connectivity index (χ3v) is 12.2. The van der Waals surface area contributed by atoms with Gasteiger partial charge in [-0.05, 0) is 89.1 Å². The number of hydrogen-bond acceptors (Lipinski definition) is 10. The average molecular weight is 752 g/mol. The van der Waals surface area contributed by atoms with E-state index < -0.39 is 48.0 Å². The molecule has 7 N–H and O–H groups in total. The van der Waals surface area contributed by atoms with E-state index in [9.17, 15) is 29.1 Å². The zero-order chi connectivity index (χ0) is 38.9. The summed E-state index contributed by atoms with van der Waals surface area (Å²) >= 11 is 0. The Balaban J connectivity index is 1.19. The predicted molar refractivity (Wildman–Crippen MR) is 197 cm³/mol. The van der Waals surface area contributed by atoms with Crippen LogP contribution in [-0.2, 0) is 35.8 Å². The van der Waals surface area contributed by atoms with Gasteiger partial charge in [0.25, 0.3) is 0 Å². The van der Waals surface area contributed by atoms with E-state index in [0.717, 1.165) is 24.9 Å². The number of ketones is 1. The minimum Gasteiger partial charge on any atom is -0.493 e. The number of nitrogens with two attached hydrogens (primary N) is 2. The van der Waals surface area contributed by atoms with E-state index >= 15 is 0 Å². The van der Waals surface area contributed by atoms with Gasteiger partial charge in [0.2, 0.25) is 11.8 Å². The van der Waals surface area contributed by atoms with Crippen molar-refractivity contribution in [1.82, 2.24) is 20.4 Å². The van der Waals surface area contributed by atoms with Gasteiger partial charge in [-0.3, -0.25) is 24.2 Å². The summed E-state index contributed by atoms with van der Waals surface area (Å²) in [5.41, 5.74) is 12.9. The average Bonchev–Trinajstić information content (AvgIpc) is 3.48. The number of nitrogens with one attached hydrogen (secondary N) is 2. The number of allylic oxidation sites excluding steroid dienone is 1. The number of methoxy groups -OCH3 is 1. The molecule has 3 unspecified atom stereocenters. The number of Topliss-reactive ketones (excluding diaryl/α,β-unsaturated/α-hetero) is 1. The summed E-state index contributed by atoms with van der Waals surface area (Å²) in [6.45, 7) is 4.05. The van der Waals surface area contributed by atoms with Gasteiger partial charge in [-0.1, -0.05) is 6.07 Å². The fraction of sp³-hybridized carbons (Fsp3) is 0.632. The standard InChI is InChI=1S/C38H53N7O9/c1-20(43-21(2)46)28(47)18-23(6-5-13-41-36(39)40)34(48)42-19-25-16-24(35(49)50)11-14-45(25)37(51)53-30-10-8-26-27-17-22-7-9-29(52-4)32-31(22)38(26,33(30)54-32)12-15-44(27)3/h7,9-10,20,23-27,33H,5-6,8,11-19H2,1-4H3,(H,42,48)(H,43,46)(H,49,50)(H4,39,40,41)/t20-,23+,24?,25?,26?,27+,33+,38-/m0/s1. The fourth-order valence-electron chi connectivity index (χ4n) is 9.47. The molecule has 3 heterocycles. The zero-order valence-corrected chi connectivity index (χ0v) is 31.5. The van der Waals surface area contributed by atoms with E-state index in [1.165, 1.54) is 17.4 Å². The molecule has 1 aromatic carbocycles. The molecular formula is C38H53N7O9. The summed E-state index contributed by atoms with van der Waals surface area (Å²) in [7, 11) is 3.78. The summed E-state index contributed by atoms with van der Waals surface area (Å²) in [6, 6.07) is 2.88. The molecule has 8 atom stereocenters. The van der Waals surface area contributed by atoms with Crippen LogP contribution in [0.4, 0.5) is 4.79 Å². The first-order chi connectivity index (χ1) is 25.7. The molecule has 0 radical (unpaired) electrons. The van der Waals surface area contributed by atoms with Crippen LogP contribution in [0.25, 0.3) is 0 Å². The highest BCUT2D eigenvalue weighted by Crippen LogP contribution is 2.63. The first-order valence-electron chi connectivity index (χ1n) is 18.9. The molecule has 0 aromatic heterocycles. The maximum absolute atomic E-state index is 14.1. The lowest BCUT2D eigenvalue weighted by atomic mass is 9.53. The summed E-state index contributed by atoms with van der Waals surface area (Å²) in [5.74, 6) is -1.66. The van der Waals surface area contributed by atoms with Crippen LogP contribution < -0.4 is 31.6 Å². The SMILES string of the molecule is COc1ccc2c3c1O[C@@H]1C(OC(=O)N4CCC(C(=O)O)CC4CNC(=O)[C@H](CCCN=C(N)N)CC(=O)[C@H](C)NC(C)=O)=CCC4[C@@H](C2)N(C)CC[C@@]341. The van der Waals surface area contributed by atoms with Gasteiger partial charge < -0.3 is 51.2 Å². The molecule has 6 rings (SSSR count). The van der Waals surface area contributed by atoms with Crippen molar-refractivity contribution in [2.75, 3.05) is 40.3 Å². The Hall–Kier alpha value is -4.86. The Morgan fingerprint density at radius 2 is 1.96 bits per heavy atom. The number of carbonyl (C=O) groups is 5. The van der Waals surface area contributed by atoms with Gasteiger partial charge >= 0.3 is 12.1 Å². The molecular weight excluding hydrogens is 698 g/mol. The lowest BCUT2D eigenvalue weighted by Crippen LogP contribution is -2.63. The Morgan fingerprint density at radius 1 is 1.19 bits per heavy atom. The number of aliphatic carboxylic acids is 1. The smallest absolute Gasteiger partial charge is 0.415 e. The molecule has 0 saturated carbocycles. The Morgan fingerprint density at radius 3 is 2.67 bits per heavy atom. The van der Waals surface area contributed by atoms with Crippen molar-refractivity contribution in [2.45, 2.75) is 94.9 Å². The van der Waals surface area contributed by atoms with E-state index in [-0.39, 0.29) is 74.3 Å². The van der Waals surface area contributed by atoms with Gasteiger partial charge in [-0.25, -0.2) is 4.79 Å². The molecule has 16 nitrogen and oxygen atoms in total. The van der Waals surface area contributed by atoms with Crippen molar-refractivity contribution in [3.8, 4) is 11.5 Å². The zero-order valence-electron chi connectivity index (χ0n) is 31.5. The molecule has 2 saturated heterocycles. The highest BCUT2D eigenvalue weighted by molar-refractivity contribution is 5.92. The van der Waals surface area contributed by atoms with Crippen LogP contribution in [0, 0.1) is 17.8 Å². The number of aliphatic imine (C=N–C) groups is 1. The van der Waals surface area contributed by atoms with Crippen LogP contribution in [-0.4, -0.2) is 115 Å². The van der Waals surface area contributed by atoms with E-state index in [4.69, 9.17) is 25.7 Å². The molecule has 2 bridgehead atoms. The topological polar surface area (TPSA) is 228 Å². The van der Waals surface area contributed by atoms with Crippen LogP contribution in [0.15, 0.2) is 29.0 Å². The van der Waals surface area contributed by atoms with Crippen molar-refractivity contribution in [2.24, 2.45) is 34.2 Å². The maximum atomic E-state index is 14.1. The number of hydrogen-bond donors (Lipinski definition) is 5. The number of likely N-dealkylation sites (N-methyl/N-ethyl adjacent to an activating group) is 1. The molecule has 54 heavy (non-hydrogen) atoms. The number of guanidine groups is 1. The summed E-state index contributed by atoms with van der Waals surface area (Å²) in [6.07, 6.45) is 4.10.